The molecule has 2 aromatic carbocycles. The number of hydrogen-bond acceptors (Lipinski definition) is 6. The molecule has 4 rings (SSSR count). The zero-order valence-corrected chi connectivity index (χ0v) is 17.4. The van der Waals surface area contributed by atoms with E-state index in [-0.39, 0.29) is 22.1 Å². The summed E-state index contributed by atoms with van der Waals surface area (Å²) >= 11 is 7.14. The Bertz CT molecular complexity index is 1100. The molecule has 2 unspecified atom stereocenters. The van der Waals surface area contributed by atoms with Crippen molar-refractivity contribution in [2.24, 2.45) is 16.5 Å². The van der Waals surface area contributed by atoms with E-state index < -0.39 is 35.1 Å². The molecular weight excluding hydrogens is 480 g/mol. The Balaban J connectivity index is 1.75. The van der Waals surface area contributed by atoms with Crippen molar-refractivity contribution in [1.82, 2.24) is 0 Å². The minimum atomic E-state index is -4.72. The molecule has 0 saturated carbocycles. The molecule has 0 amide bonds. The van der Waals surface area contributed by atoms with Crippen LogP contribution < -0.4 is 21.3 Å². The van der Waals surface area contributed by atoms with Crippen molar-refractivity contribution >= 4 is 41.1 Å². The van der Waals surface area contributed by atoms with E-state index in [0.29, 0.717) is 5.03 Å². The van der Waals surface area contributed by atoms with Gasteiger partial charge in [0.05, 0.1) is 33.9 Å². The smallest absolute Gasteiger partial charge is 0.312 e. The molecule has 170 valence electrons. The Kier molecular flexibility index (Phi) is 5.60. The second-order valence-corrected chi connectivity index (χ2v) is 8.36. The molecule has 4 N–H and O–H groups in total. The lowest BCUT2D eigenvalue weighted by Gasteiger charge is -2.36. The van der Waals surface area contributed by atoms with Crippen LogP contribution in [0.4, 0.5) is 37.7 Å². The van der Waals surface area contributed by atoms with E-state index in [2.05, 4.69) is 4.99 Å². The van der Waals surface area contributed by atoms with Crippen LogP contribution >= 0.6 is 23.4 Å². The van der Waals surface area contributed by atoms with Gasteiger partial charge in [-0.3, -0.25) is 0 Å². The lowest BCUT2D eigenvalue weighted by atomic mass is 10.1. The van der Waals surface area contributed by atoms with Crippen LogP contribution in [0.1, 0.15) is 11.1 Å². The van der Waals surface area contributed by atoms with Crippen LogP contribution in [0.5, 0.6) is 0 Å². The van der Waals surface area contributed by atoms with E-state index in [1.54, 1.807) is 0 Å². The first kappa shape index (κ1) is 22.8. The number of halogens is 7. The number of para-hydroxylation sites is 1. The van der Waals surface area contributed by atoms with Gasteiger partial charge in [-0.05, 0) is 36.4 Å². The molecule has 0 aliphatic carbocycles. The zero-order valence-electron chi connectivity index (χ0n) is 15.8. The van der Waals surface area contributed by atoms with Crippen LogP contribution in [-0.2, 0) is 12.4 Å². The molecule has 0 saturated heterocycles. The molecule has 13 heteroatoms. The summed E-state index contributed by atoms with van der Waals surface area (Å²) in [5.41, 5.74) is 9.65. The third kappa shape index (κ3) is 3.91. The van der Waals surface area contributed by atoms with Gasteiger partial charge in [0.25, 0.3) is 0 Å². The third-order valence-corrected chi connectivity index (χ3v) is 6.17. The number of nitrogens with two attached hydrogens (primary N) is 2. The standard InChI is InChI=1S/C19H14ClF6N5S/c20-12-3-1-2-11(19(24,25)26)13(12)31-14-15(27)30(8-29-16(14)32-17(31)28)10-6-4-9(5-7-10)18(21,22)23/h1-8,15,17H,27-28H2. The molecule has 5 nitrogen and oxygen atoms in total. The molecule has 0 aromatic heterocycles. The summed E-state index contributed by atoms with van der Waals surface area (Å²) in [6, 6.07) is 7.50. The number of alkyl halides is 6. The van der Waals surface area contributed by atoms with Gasteiger partial charge < -0.3 is 21.3 Å². The fraction of sp³-hybridized carbons (Fsp3) is 0.211. The second-order valence-electron chi connectivity index (χ2n) is 6.84. The topological polar surface area (TPSA) is 70.9 Å². The fourth-order valence-corrected chi connectivity index (χ4v) is 4.70. The van der Waals surface area contributed by atoms with E-state index in [0.717, 1.165) is 30.0 Å². The summed E-state index contributed by atoms with van der Waals surface area (Å²) in [6.07, 6.45) is -9.02. The Morgan fingerprint density at radius 1 is 0.938 bits per heavy atom. The Morgan fingerprint density at radius 2 is 1.59 bits per heavy atom. The van der Waals surface area contributed by atoms with E-state index in [1.165, 1.54) is 40.4 Å². The lowest BCUT2D eigenvalue weighted by molar-refractivity contribution is -0.138. The maximum absolute atomic E-state index is 13.7. The van der Waals surface area contributed by atoms with Gasteiger partial charge in [-0.2, -0.15) is 26.3 Å². The van der Waals surface area contributed by atoms with Gasteiger partial charge in [0.2, 0.25) is 0 Å². The number of anilines is 2. The Morgan fingerprint density at radius 3 is 2.19 bits per heavy atom. The summed E-state index contributed by atoms with van der Waals surface area (Å²) in [6.45, 7) is 0. The highest BCUT2D eigenvalue weighted by molar-refractivity contribution is 8.04. The van der Waals surface area contributed by atoms with Crippen molar-refractivity contribution in [1.29, 1.82) is 0 Å². The highest BCUT2D eigenvalue weighted by atomic mass is 35.5. The van der Waals surface area contributed by atoms with Crippen LogP contribution in [0, 0.1) is 0 Å². The first-order valence-corrected chi connectivity index (χ1v) is 10.2. The number of rotatable bonds is 2. The summed E-state index contributed by atoms with van der Waals surface area (Å²) in [5, 5.41) is 0.105. The minimum Gasteiger partial charge on any atom is -0.312 e. The van der Waals surface area contributed by atoms with Gasteiger partial charge in [-0.25, -0.2) is 4.99 Å². The van der Waals surface area contributed by atoms with Crippen molar-refractivity contribution in [2.45, 2.75) is 24.0 Å². The molecular formula is C19H14ClF6N5S. The molecule has 2 aliphatic rings. The average Bonchev–Trinajstić information content (AvgIpc) is 3.03. The van der Waals surface area contributed by atoms with Gasteiger partial charge in [0, 0.05) is 5.69 Å². The second kappa shape index (κ2) is 7.87. The van der Waals surface area contributed by atoms with Crippen molar-refractivity contribution in [3.05, 3.63) is 69.3 Å². The van der Waals surface area contributed by atoms with E-state index in [1.807, 2.05) is 0 Å². The Labute approximate surface area is 187 Å². The normalized spacial score (nSPS) is 21.4. The minimum absolute atomic E-state index is 0.156. The number of aliphatic imine (C=N–C) groups is 1. The van der Waals surface area contributed by atoms with Crippen LogP contribution in [0.2, 0.25) is 5.02 Å². The number of nitrogens with zero attached hydrogens (tertiary/aromatic N) is 3. The predicted molar refractivity (Wildman–Crippen MR) is 112 cm³/mol. The number of benzene rings is 2. The highest BCUT2D eigenvalue weighted by Crippen LogP contribution is 2.49. The first-order chi connectivity index (χ1) is 14.9. The van der Waals surface area contributed by atoms with Gasteiger partial charge in [0.1, 0.15) is 16.7 Å². The van der Waals surface area contributed by atoms with E-state index in [4.69, 9.17) is 23.1 Å². The zero-order chi connectivity index (χ0) is 23.4. The van der Waals surface area contributed by atoms with Crippen molar-refractivity contribution < 1.29 is 26.3 Å². The lowest BCUT2D eigenvalue weighted by Crippen LogP contribution is -2.51. The van der Waals surface area contributed by atoms with Gasteiger partial charge in [0.15, 0.2) is 0 Å². The highest BCUT2D eigenvalue weighted by Gasteiger charge is 2.44. The van der Waals surface area contributed by atoms with Crippen LogP contribution in [0.15, 0.2) is 58.2 Å². The molecule has 2 atom stereocenters. The van der Waals surface area contributed by atoms with Crippen LogP contribution in [-0.4, -0.2) is 18.0 Å². The van der Waals surface area contributed by atoms with Crippen LogP contribution in [0.3, 0.4) is 0 Å². The first-order valence-electron chi connectivity index (χ1n) is 8.96. The van der Waals surface area contributed by atoms with E-state index in [9.17, 15) is 26.3 Å². The summed E-state index contributed by atoms with van der Waals surface area (Å²) in [4.78, 5) is 6.73. The van der Waals surface area contributed by atoms with Gasteiger partial charge in [-0.15, -0.1) is 0 Å². The van der Waals surface area contributed by atoms with Crippen LogP contribution in [0.25, 0.3) is 0 Å². The quantitative estimate of drug-likeness (QED) is 0.564. The molecule has 32 heavy (non-hydrogen) atoms. The molecule has 0 fully saturated rings. The summed E-state index contributed by atoms with van der Waals surface area (Å²) < 4.78 is 79.7. The maximum atomic E-state index is 13.7. The van der Waals surface area contributed by atoms with Crippen molar-refractivity contribution in [3.8, 4) is 0 Å². The molecule has 0 bridgehead atoms. The average molecular weight is 494 g/mol. The molecule has 2 aliphatic heterocycles. The third-order valence-electron chi connectivity index (χ3n) is 4.87. The fourth-order valence-electron chi connectivity index (χ4n) is 3.44. The molecule has 0 spiro atoms. The number of hydrogen-bond donors (Lipinski definition) is 2. The van der Waals surface area contributed by atoms with Gasteiger partial charge >= 0.3 is 12.4 Å². The summed E-state index contributed by atoms with van der Waals surface area (Å²) in [5.74, 6) is 0. The summed E-state index contributed by atoms with van der Waals surface area (Å²) in [7, 11) is 0. The SMILES string of the molecule is NC1C2=C(N=CN1c1ccc(C(F)(F)F)cc1)SC(N)N2c1c(Cl)cccc1C(F)(F)F. The van der Waals surface area contributed by atoms with Gasteiger partial charge in [-0.1, -0.05) is 29.4 Å². The molecule has 2 aromatic rings. The van der Waals surface area contributed by atoms with E-state index >= 15 is 0 Å². The van der Waals surface area contributed by atoms with Crippen molar-refractivity contribution in [3.63, 3.8) is 0 Å². The van der Waals surface area contributed by atoms with Crippen molar-refractivity contribution in [2.75, 3.05) is 9.80 Å². The monoisotopic (exact) mass is 493 g/mol. The largest absolute Gasteiger partial charge is 0.418 e. The Hall–Kier alpha value is -2.41. The number of thioether (sulfide) groups is 1. The predicted octanol–water partition coefficient (Wildman–Crippen LogP) is 5.18. The molecule has 0 radical (unpaired) electrons. The maximum Gasteiger partial charge on any atom is 0.418 e. The molecule has 2 heterocycles.